The Hall–Kier alpha value is -2.11. The first-order valence-electron chi connectivity index (χ1n) is 6.48. The van der Waals surface area contributed by atoms with E-state index in [4.69, 9.17) is 5.11 Å². The SMILES string of the molecule is CN(Cc1ccc(F)cc1)C(=O)N1CCCC1C(=O)O. The van der Waals surface area contributed by atoms with Crippen molar-refractivity contribution < 1.29 is 19.1 Å². The molecule has 1 aromatic carbocycles. The first-order valence-corrected chi connectivity index (χ1v) is 6.48. The van der Waals surface area contributed by atoms with Gasteiger partial charge in [-0.15, -0.1) is 0 Å². The highest BCUT2D eigenvalue weighted by Crippen LogP contribution is 2.19. The molecule has 1 heterocycles. The number of rotatable bonds is 3. The Morgan fingerprint density at radius 2 is 2.05 bits per heavy atom. The lowest BCUT2D eigenvalue weighted by atomic mass is 10.2. The van der Waals surface area contributed by atoms with Gasteiger partial charge in [-0.1, -0.05) is 12.1 Å². The van der Waals surface area contributed by atoms with Crippen molar-refractivity contribution in [2.45, 2.75) is 25.4 Å². The van der Waals surface area contributed by atoms with Gasteiger partial charge in [-0.25, -0.2) is 14.0 Å². The minimum atomic E-state index is -0.967. The highest BCUT2D eigenvalue weighted by atomic mass is 19.1. The number of amides is 2. The molecule has 1 aromatic rings. The fourth-order valence-electron chi connectivity index (χ4n) is 2.40. The molecule has 1 atom stereocenters. The van der Waals surface area contributed by atoms with E-state index in [9.17, 15) is 14.0 Å². The van der Waals surface area contributed by atoms with Gasteiger partial charge in [0, 0.05) is 20.1 Å². The van der Waals surface area contributed by atoms with Crippen molar-refractivity contribution in [2.75, 3.05) is 13.6 Å². The Morgan fingerprint density at radius 3 is 2.65 bits per heavy atom. The molecule has 20 heavy (non-hydrogen) atoms. The normalized spacial score (nSPS) is 18.1. The smallest absolute Gasteiger partial charge is 0.326 e. The third kappa shape index (κ3) is 3.07. The van der Waals surface area contributed by atoms with Crippen LogP contribution in [0.2, 0.25) is 0 Å². The Kier molecular flexibility index (Phi) is 4.22. The Morgan fingerprint density at radius 1 is 1.40 bits per heavy atom. The quantitative estimate of drug-likeness (QED) is 0.920. The zero-order valence-corrected chi connectivity index (χ0v) is 11.3. The molecule has 1 aliphatic heterocycles. The topological polar surface area (TPSA) is 60.9 Å². The van der Waals surface area contributed by atoms with E-state index >= 15 is 0 Å². The zero-order valence-electron chi connectivity index (χ0n) is 11.3. The maximum absolute atomic E-state index is 12.8. The van der Waals surface area contributed by atoms with E-state index in [1.807, 2.05) is 0 Å². The minimum Gasteiger partial charge on any atom is -0.480 e. The molecule has 0 aliphatic carbocycles. The number of aliphatic carboxylic acids is 1. The van der Waals surface area contributed by atoms with Crippen LogP contribution in [-0.4, -0.2) is 46.5 Å². The van der Waals surface area contributed by atoms with Gasteiger partial charge < -0.3 is 14.9 Å². The summed E-state index contributed by atoms with van der Waals surface area (Å²) in [4.78, 5) is 26.2. The molecule has 1 unspecified atom stereocenters. The van der Waals surface area contributed by atoms with Crippen molar-refractivity contribution in [1.82, 2.24) is 9.80 Å². The molecule has 5 nitrogen and oxygen atoms in total. The molecule has 0 saturated carbocycles. The number of hydrogen-bond donors (Lipinski definition) is 1. The summed E-state index contributed by atoms with van der Waals surface area (Å²) in [7, 11) is 1.61. The molecule has 0 spiro atoms. The molecule has 1 N–H and O–H groups in total. The lowest BCUT2D eigenvalue weighted by Crippen LogP contribution is -2.46. The summed E-state index contributed by atoms with van der Waals surface area (Å²) in [5.74, 6) is -1.29. The summed E-state index contributed by atoms with van der Waals surface area (Å²) in [5.41, 5.74) is 0.799. The highest BCUT2D eigenvalue weighted by molar-refractivity contribution is 5.83. The third-order valence-corrected chi connectivity index (χ3v) is 3.44. The number of carbonyl (C=O) groups excluding carboxylic acids is 1. The molecule has 2 amide bonds. The minimum absolute atomic E-state index is 0.306. The van der Waals surface area contributed by atoms with E-state index in [0.29, 0.717) is 25.9 Å². The number of benzene rings is 1. The third-order valence-electron chi connectivity index (χ3n) is 3.44. The van der Waals surface area contributed by atoms with Crippen LogP contribution in [0.4, 0.5) is 9.18 Å². The monoisotopic (exact) mass is 280 g/mol. The summed E-state index contributed by atoms with van der Waals surface area (Å²) in [6.07, 6.45) is 1.19. The molecule has 1 aliphatic rings. The van der Waals surface area contributed by atoms with E-state index < -0.39 is 12.0 Å². The molecule has 1 fully saturated rings. The van der Waals surface area contributed by atoms with Crippen molar-refractivity contribution in [2.24, 2.45) is 0 Å². The standard InChI is InChI=1S/C14H17FN2O3/c1-16(9-10-4-6-11(15)7-5-10)14(20)17-8-2-3-12(17)13(18)19/h4-7,12H,2-3,8-9H2,1H3,(H,18,19). The van der Waals surface area contributed by atoms with Crippen LogP contribution >= 0.6 is 0 Å². The van der Waals surface area contributed by atoms with Gasteiger partial charge in [0.2, 0.25) is 0 Å². The molecule has 0 bridgehead atoms. The lowest BCUT2D eigenvalue weighted by Gasteiger charge is -2.27. The van der Waals surface area contributed by atoms with Gasteiger partial charge in [-0.05, 0) is 30.5 Å². The average Bonchev–Trinajstić information content (AvgIpc) is 2.90. The van der Waals surface area contributed by atoms with Crippen LogP contribution in [0.1, 0.15) is 18.4 Å². The summed E-state index contributed by atoms with van der Waals surface area (Å²) < 4.78 is 12.8. The Balaban J connectivity index is 2.01. The second-order valence-corrected chi connectivity index (χ2v) is 4.95. The second-order valence-electron chi connectivity index (χ2n) is 4.95. The highest BCUT2D eigenvalue weighted by Gasteiger charge is 2.35. The van der Waals surface area contributed by atoms with Crippen molar-refractivity contribution in [1.29, 1.82) is 0 Å². The second kappa shape index (κ2) is 5.90. The molecule has 108 valence electrons. The van der Waals surface area contributed by atoms with Gasteiger partial charge >= 0.3 is 12.0 Å². The van der Waals surface area contributed by atoms with Crippen molar-refractivity contribution in [3.8, 4) is 0 Å². The number of hydrogen-bond acceptors (Lipinski definition) is 2. The maximum atomic E-state index is 12.8. The number of halogens is 1. The van der Waals surface area contributed by atoms with E-state index in [-0.39, 0.29) is 11.8 Å². The summed E-state index contributed by atoms with van der Waals surface area (Å²) >= 11 is 0. The molecule has 0 radical (unpaired) electrons. The van der Waals surface area contributed by atoms with Gasteiger partial charge in [0.25, 0.3) is 0 Å². The van der Waals surface area contributed by atoms with Crippen molar-refractivity contribution in [3.63, 3.8) is 0 Å². The Bertz CT molecular complexity index is 504. The maximum Gasteiger partial charge on any atom is 0.326 e. The number of carbonyl (C=O) groups is 2. The molecular formula is C14H17FN2O3. The first-order chi connectivity index (χ1) is 9.49. The van der Waals surface area contributed by atoms with Gasteiger partial charge in [0.1, 0.15) is 11.9 Å². The molecule has 1 saturated heterocycles. The number of urea groups is 1. The van der Waals surface area contributed by atoms with E-state index in [1.54, 1.807) is 19.2 Å². The zero-order chi connectivity index (χ0) is 14.7. The lowest BCUT2D eigenvalue weighted by molar-refractivity contribution is -0.141. The van der Waals surface area contributed by atoms with Crippen LogP contribution in [0.3, 0.4) is 0 Å². The van der Waals surface area contributed by atoms with E-state index in [0.717, 1.165) is 5.56 Å². The molecular weight excluding hydrogens is 263 g/mol. The van der Waals surface area contributed by atoms with Crippen molar-refractivity contribution in [3.05, 3.63) is 35.6 Å². The van der Waals surface area contributed by atoms with Crippen LogP contribution in [-0.2, 0) is 11.3 Å². The Labute approximate surface area is 116 Å². The van der Waals surface area contributed by atoms with Crippen LogP contribution in [0.5, 0.6) is 0 Å². The van der Waals surface area contributed by atoms with Crippen LogP contribution in [0, 0.1) is 5.82 Å². The number of likely N-dealkylation sites (tertiary alicyclic amines) is 1. The molecule has 6 heteroatoms. The predicted molar refractivity (Wildman–Crippen MR) is 70.6 cm³/mol. The first kappa shape index (κ1) is 14.3. The van der Waals surface area contributed by atoms with Crippen LogP contribution in [0.15, 0.2) is 24.3 Å². The largest absolute Gasteiger partial charge is 0.480 e. The van der Waals surface area contributed by atoms with Gasteiger partial charge in [-0.3, -0.25) is 0 Å². The van der Waals surface area contributed by atoms with Crippen molar-refractivity contribution >= 4 is 12.0 Å². The van der Waals surface area contributed by atoms with Gasteiger partial charge in [0.15, 0.2) is 0 Å². The van der Waals surface area contributed by atoms with Gasteiger partial charge in [0.05, 0.1) is 0 Å². The number of carboxylic acid groups (broad SMARTS) is 1. The summed E-state index contributed by atoms with van der Waals surface area (Å²) in [5, 5.41) is 9.08. The van der Waals surface area contributed by atoms with Gasteiger partial charge in [-0.2, -0.15) is 0 Å². The van der Waals surface area contributed by atoms with Crippen LogP contribution < -0.4 is 0 Å². The molecule has 0 aromatic heterocycles. The average molecular weight is 280 g/mol. The fraction of sp³-hybridized carbons (Fsp3) is 0.429. The number of carboxylic acids is 1. The fourth-order valence-corrected chi connectivity index (χ4v) is 2.40. The molecule has 2 rings (SSSR count). The summed E-state index contributed by atoms with van der Waals surface area (Å²) in [6, 6.07) is 4.85. The number of nitrogens with zero attached hydrogens (tertiary/aromatic N) is 2. The van der Waals surface area contributed by atoms with E-state index in [2.05, 4.69) is 0 Å². The predicted octanol–water partition coefficient (Wildman–Crippen LogP) is 1.93. The summed E-state index contributed by atoms with van der Waals surface area (Å²) in [6.45, 7) is 0.783. The van der Waals surface area contributed by atoms with E-state index in [1.165, 1.54) is 21.9 Å². The van der Waals surface area contributed by atoms with Crippen LogP contribution in [0.25, 0.3) is 0 Å².